The quantitative estimate of drug-likeness (QED) is 0.599. The van der Waals surface area contributed by atoms with E-state index >= 15 is 0 Å². The average molecular weight is 320 g/mol. The lowest BCUT2D eigenvalue weighted by Crippen LogP contribution is -2.03. The van der Waals surface area contributed by atoms with Gasteiger partial charge < -0.3 is 10.4 Å². The summed E-state index contributed by atoms with van der Waals surface area (Å²) in [4.78, 5) is 15.3. The van der Waals surface area contributed by atoms with E-state index in [4.69, 9.17) is 5.11 Å². The Labute approximate surface area is 136 Å². The molecule has 0 unspecified atom stereocenters. The molecule has 0 spiro atoms. The van der Waals surface area contributed by atoms with Crippen LogP contribution in [-0.4, -0.2) is 35.5 Å². The van der Waals surface area contributed by atoms with E-state index < -0.39 is 5.97 Å². The number of aromatic nitrogens is 5. The lowest BCUT2D eigenvalue weighted by atomic mass is 10.2. The second-order valence-corrected chi connectivity index (χ2v) is 5.05. The molecule has 0 aliphatic heterocycles. The summed E-state index contributed by atoms with van der Waals surface area (Å²) in [7, 11) is 0. The molecule has 4 aromatic rings. The number of rotatable bonds is 4. The second-order valence-electron chi connectivity index (χ2n) is 5.05. The third-order valence-electron chi connectivity index (χ3n) is 3.47. The Morgan fingerprint density at radius 1 is 1.08 bits per heavy atom. The molecule has 4 rings (SSSR count). The van der Waals surface area contributed by atoms with Gasteiger partial charge in [-0.05, 0) is 42.5 Å². The minimum absolute atomic E-state index is 0.226. The van der Waals surface area contributed by atoms with Crippen molar-refractivity contribution in [3.63, 3.8) is 0 Å². The number of carbonyl (C=O) groups is 1. The van der Waals surface area contributed by atoms with Crippen molar-refractivity contribution in [3.8, 4) is 5.82 Å². The molecule has 1 aromatic carbocycles. The van der Waals surface area contributed by atoms with Crippen molar-refractivity contribution in [1.82, 2.24) is 24.4 Å². The number of hydrogen-bond donors (Lipinski definition) is 2. The molecule has 0 aliphatic rings. The van der Waals surface area contributed by atoms with Crippen LogP contribution in [-0.2, 0) is 0 Å². The Balaban J connectivity index is 1.68. The Morgan fingerprint density at radius 2 is 1.92 bits per heavy atom. The van der Waals surface area contributed by atoms with E-state index in [1.54, 1.807) is 27.5 Å². The van der Waals surface area contributed by atoms with Gasteiger partial charge in [0.05, 0.1) is 5.56 Å². The Hall–Kier alpha value is -3.68. The lowest BCUT2D eigenvalue weighted by Gasteiger charge is -2.03. The smallest absolute Gasteiger partial charge is 0.335 e. The van der Waals surface area contributed by atoms with Crippen molar-refractivity contribution < 1.29 is 9.90 Å². The van der Waals surface area contributed by atoms with Crippen molar-refractivity contribution in [2.45, 2.75) is 0 Å². The summed E-state index contributed by atoms with van der Waals surface area (Å²) in [6, 6.07) is 13.8. The number of carboxylic acids is 1. The highest BCUT2D eigenvalue weighted by Crippen LogP contribution is 2.17. The SMILES string of the molecule is O=C(O)c1ccc(Nc2nc3cccc(-n4cccn4)n3n2)cc1. The van der Waals surface area contributed by atoms with Gasteiger partial charge in [-0.1, -0.05) is 6.07 Å². The van der Waals surface area contributed by atoms with E-state index in [9.17, 15) is 4.79 Å². The first-order valence-electron chi connectivity index (χ1n) is 7.17. The Bertz CT molecular complexity index is 1000. The summed E-state index contributed by atoms with van der Waals surface area (Å²) in [6.45, 7) is 0. The minimum Gasteiger partial charge on any atom is -0.478 e. The van der Waals surface area contributed by atoms with Crippen molar-refractivity contribution in [2.24, 2.45) is 0 Å². The van der Waals surface area contributed by atoms with Gasteiger partial charge >= 0.3 is 5.97 Å². The molecule has 0 aliphatic carbocycles. The molecule has 3 heterocycles. The van der Waals surface area contributed by atoms with E-state index in [-0.39, 0.29) is 5.56 Å². The van der Waals surface area contributed by atoms with E-state index in [0.717, 1.165) is 5.82 Å². The average Bonchev–Trinajstić information content (AvgIpc) is 3.24. The third kappa shape index (κ3) is 2.45. The largest absolute Gasteiger partial charge is 0.478 e. The number of nitrogens with one attached hydrogen (secondary N) is 1. The topological polar surface area (TPSA) is 97.3 Å². The zero-order chi connectivity index (χ0) is 16.5. The number of hydrogen-bond acceptors (Lipinski definition) is 5. The minimum atomic E-state index is -0.962. The standard InChI is InChI=1S/C16H12N6O2/c23-15(24)11-5-7-12(8-6-11)18-16-19-13-3-1-4-14(22(13)20-16)21-10-2-9-17-21/h1-10H,(H,18,20)(H,23,24). The van der Waals surface area contributed by atoms with Crippen LogP contribution in [0.5, 0.6) is 0 Å². The number of benzene rings is 1. The van der Waals surface area contributed by atoms with Crippen LogP contribution in [0.1, 0.15) is 10.4 Å². The number of pyridine rings is 1. The van der Waals surface area contributed by atoms with E-state index in [1.807, 2.05) is 30.5 Å². The fourth-order valence-electron chi connectivity index (χ4n) is 2.35. The third-order valence-corrected chi connectivity index (χ3v) is 3.47. The molecule has 24 heavy (non-hydrogen) atoms. The maximum Gasteiger partial charge on any atom is 0.335 e. The number of fused-ring (bicyclic) bond motifs is 1. The van der Waals surface area contributed by atoms with Gasteiger partial charge in [0.25, 0.3) is 0 Å². The van der Waals surface area contributed by atoms with Crippen LogP contribution in [0, 0.1) is 0 Å². The van der Waals surface area contributed by atoms with Crippen LogP contribution in [0.4, 0.5) is 11.6 Å². The monoisotopic (exact) mass is 320 g/mol. The molecule has 0 saturated carbocycles. The van der Waals surface area contributed by atoms with Gasteiger partial charge in [-0.2, -0.15) is 14.6 Å². The number of nitrogens with zero attached hydrogens (tertiary/aromatic N) is 5. The predicted molar refractivity (Wildman–Crippen MR) is 86.8 cm³/mol. The lowest BCUT2D eigenvalue weighted by molar-refractivity contribution is 0.0697. The molecule has 0 radical (unpaired) electrons. The number of aromatic carboxylic acids is 1. The van der Waals surface area contributed by atoms with Crippen molar-refractivity contribution in [1.29, 1.82) is 0 Å². The molecule has 0 saturated heterocycles. The van der Waals surface area contributed by atoms with Crippen LogP contribution in [0.2, 0.25) is 0 Å². The first-order chi connectivity index (χ1) is 11.7. The summed E-state index contributed by atoms with van der Waals surface area (Å²) in [5.74, 6) is 0.216. The fourth-order valence-corrected chi connectivity index (χ4v) is 2.35. The van der Waals surface area contributed by atoms with Crippen LogP contribution in [0.25, 0.3) is 11.5 Å². The maximum atomic E-state index is 10.9. The molecule has 118 valence electrons. The van der Waals surface area contributed by atoms with Gasteiger partial charge in [-0.3, -0.25) is 0 Å². The highest BCUT2D eigenvalue weighted by atomic mass is 16.4. The first kappa shape index (κ1) is 13.9. The maximum absolute atomic E-state index is 10.9. The van der Waals surface area contributed by atoms with Crippen LogP contribution in [0.3, 0.4) is 0 Å². The van der Waals surface area contributed by atoms with Gasteiger partial charge in [0, 0.05) is 18.1 Å². The summed E-state index contributed by atoms with van der Waals surface area (Å²) < 4.78 is 3.38. The molecular formula is C16H12N6O2. The molecular weight excluding hydrogens is 308 g/mol. The normalized spacial score (nSPS) is 10.8. The molecule has 0 atom stereocenters. The van der Waals surface area contributed by atoms with Gasteiger partial charge in [0.2, 0.25) is 5.95 Å². The summed E-state index contributed by atoms with van der Waals surface area (Å²) in [5.41, 5.74) is 1.61. The summed E-state index contributed by atoms with van der Waals surface area (Å²) in [5, 5.41) is 20.6. The van der Waals surface area contributed by atoms with Gasteiger partial charge in [0.1, 0.15) is 0 Å². The first-order valence-corrected chi connectivity index (χ1v) is 7.17. The van der Waals surface area contributed by atoms with Gasteiger partial charge in [0.15, 0.2) is 11.5 Å². The molecule has 8 nitrogen and oxygen atoms in total. The van der Waals surface area contributed by atoms with E-state index in [2.05, 4.69) is 20.5 Å². The molecule has 0 bridgehead atoms. The van der Waals surface area contributed by atoms with E-state index in [0.29, 0.717) is 17.3 Å². The highest BCUT2D eigenvalue weighted by Gasteiger charge is 2.09. The molecule has 3 aromatic heterocycles. The number of carboxylic acid groups (broad SMARTS) is 1. The van der Waals surface area contributed by atoms with Crippen LogP contribution >= 0.6 is 0 Å². The fraction of sp³-hybridized carbons (Fsp3) is 0. The Morgan fingerprint density at radius 3 is 2.62 bits per heavy atom. The zero-order valence-corrected chi connectivity index (χ0v) is 12.4. The zero-order valence-electron chi connectivity index (χ0n) is 12.4. The van der Waals surface area contributed by atoms with E-state index in [1.165, 1.54) is 12.1 Å². The van der Waals surface area contributed by atoms with Crippen molar-refractivity contribution >= 4 is 23.3 Å². The molecule has 0 amide bonds. The predicted octanol–water partition coefficient (Wildman–Crippen LogP) is 2.36. The van der Waals surface area contributed by atoms with Crippen molar-refractivity contribution in [3.05, 3.63) is 66.5 Å². The molecule has 0 fully saturated rings. The van der Waals surface area contributed by atoms with Crippen LogP contribution in [0.15, 0.2) is 60.9 Å². The molecule has 8 heteroatoms. The number of anilines is 2. The summed E-state index contributed by atoms with van der Waals surface area (Å²) in [6.07, 6.45) is 3.52. The van der Waals surface area contributed by atoms with Crippen LogP contribution < -0.4 is 5.32 Å². The van der Waals surface area contributed by atoms with Crippen molar-refractivity contribution in [2.75, 3.05) is 5.32 Å². The highest BCUT2D eigenvalue weighted by molar-refractivity contribution is 5.88. The summed E-state index contributed by atoms with van der Waals surface area (Å²) >= 11 is 0. The Kier molecular flexibility index (Phi) is 3.20. The molecule has 2 N–H and O–H groups in total. The van der Waals surface area contributed by atoms with Gasteiger partial charge in [-0.15, -0.1) is 5.10 Å². The second kappa shape index (κ2) is 5.51. The van der Waals surface area contributed by atoms with Gasteiger partial charge in [-0.25, -0.2) is 9.48 Å².